The molecule has 1 amide bonds. The minimum atomic E-state index is -3.53. The van der Waals surface area contributed by atoms with E-state index < -0.39 is 10.0 Å². The average molecular weight is 441 g/mol. The highest BCUT2D eigenvalue weighted by atomic mass is 35.5. The average Bonchev–Trinajstić information content (AvgIpc) is 2.68. The first-order valence-electron chi connectivity index (χ1n) is 8.95. The largest absolute Gasteiger partial charge is 0.497 e. The minimum absolute atomic E-state index is 0.158. The zero-order valence-corrected chi connectivity index (χ0v) is 18.2. The summed E-state index contributed by atoms with van der Waals surface area (Å²) in [5.41, 5.74) is 1.35. The number of rotatable bonds is 10. The number of nitrogens with zero attached hydrogens (tertiary/aromatic N) is 1. The van der Waals surface area contributed by atoms with E-state index in [1.807, 2.05) is 24.3 Å². The normalized spacial score (nSPS) is 11.0. The molecule has 7 nitrogen and oxygen atoms in total. The van der Waals surface area contributed by atoms with Crippen LogP contribution < -0.4 is 19.1 Å². The van der Waals surface area contributed by atoms with Gasteiger partial charge in [0.05, 0.1) is 31.2 Å². The molecule has 0 aliphatic rings. The van der Waals surface area contributed by atoms with E-state index in [4.69, 9.17) is 21.1 Å². The maximum atomic E-state index is 12.2. The number of hydrogen-bond donors (Lipinski definition) is 1. The summed E-state index contributed by atoms with van der Waals surface area (Å²) in [5.74, 6) is 1.02. The molecule has 0 atom stereocenters. The van der Waals surface area contributed by atoms with E-state index >= 15 is 0 Å². The Kier molecular flexibility index (Phi) is 8.16. The van der Waals surface area contributed by atoms with Gasteiger partial charge in [-0.05, 0) is 42.3 Å². The number of nitrogens with one attached hydrogen (secondary N) is 1. The fraction of sp³-hybridized carbons (Fsp3) is 0.350. The van der Waals surface area contributed by atoms with Crippen LogP contribution in [-0.4, -0.2) is 41.3 Å². The number of carbonyl (C=O) groups is 1. The monoisotopic (exact) mass is 440 g/mol. The van der Waals surface area contributed by atoms with Gasteiger partial charge in [0, 0.05) is 19.5 Å². The van der Waals surface area contributed by atoms with E-state index in [1.54, 1.807) is 19.2 Å². The molecule has 0 aromatic heterocycles. The predicted octanol–water partition coefficient (Wildman–Crippen LogP) is 3.22. The molecule has 2 rings (SSSR count). The van der Waals surface area contributed by atoms with Gasteiger partial charge in [-0.1, -0.05) is 23.7 Å². The highest BCUT2D eigenvalue weighted by Gasteiger charge is 2.19. The third-order valence-corrected chi connectivity index (χ3v) is 5.70. The zero-order chi connectivity index (χ0) is 21.4. The second kappa shape index (κ2) is 10.4. The topological polar surface area (TPSA) is 84.9 Å². The molecule has 0 bridgehead atoms. The van der Waals surface area contributed by atoms with E-state index in [-0.39, 0.29) is 18.9 Å². The number of benzene rings is 2. The second-order valence-corrected chi connectivity index (χ2v) is 8.70. The van der Waals surface area contributed by atoms with E-state index in [1.165, 1.54) is 17.5 Å². The van der Waals surface area contributed by atoms with Gasteiger partial charge in [0.25, 0.3) is 0 Å². The van der Waals surface area contributed by atoms with Crippen LogP contribution in [0.3, 0.4) is 0 Å². The molecule has 0 fully saturated rings. The van der Waals surface area contributed by atoms with E-state index in [0.29, 0.717) is 29.4 Å². The van der Waals surface area contributed by atoms with Gasteiger partial charge < -0.3 is 14.8 Å². The van der Waals surface area contributed by atoms with Crippen molar-refractivity contribution in [1.82, 2.24) is 5.32 Å². The third kappa shape index (κ3) is 6.83. The Labute approximate surface area is 176 Å². The van der Waals surface area contributed by atoms with Crippen LogP contribution in [-0.2, 0) is 21.4 Å². The van der Waals surface area contributed by atoms with Gasteiger partial charge in [-0.3, -0.25) is 9.10 Å². The Hall–Kier alpha value is -2.45. The second-order valence-electron chi connectivity index (χ2n) is 6.39. The Morgan fingerprint density at radius 1 is 1.14 bits per heavy atom. The molecule has 2 aromatic carbocycles. The number of amides is 1. The van der Waals surface area contributed by atoms with Gasteiger partial charge >= 0.3 is 0 Å². The first-order valence-corrected chi connectivity index (χ1v) is 11.2. The minimum Gasteiger partial charge on any atom is -0.497 e. The number of halogens is 1. The van der Waals surface area contributed by atoms with Gasteiger partial charge in [-0.2, -0.15) is 0 Å². The van der Waals surface area contributed by atoms with Crippen molar-refractivity contribution in [3.05, 3.63) is 53.1 Å². The lowest BCUT2D eigenvalue weighted by Crippen LogP contribution is -2.32. The molecule has 1 N–H and O–H groups in total. The summed E-state index contributed by atoms with van der Waals surface area (Å²) < 4.78 is 35.8. The molecule has 9 heteroatoms. The maximum Gasteiger partial charge on any atom is 0.232 e. The Morgan fingerprint density at radius 3 is 2.52 bits per heavy atom. The molecular weight excluding hydrogens is 416 g/mol. The lowest BCUT2D eigenvalue weighted by Gasteiger charge is -2.23. The lowest BCUT2D eigenvalue weighted by atomic mass is 10.2. The molecule has 0 heterocycles. The lowest BCUT2D eigenvalue weighted by molar-refractivity contribution is -0.121. The van der Waals surface area contributed by atoms with Crippen LogP contribution in [0.15, 0.2) is 42.5 Å². The summed E-state index contributed by atoms with van der Waals surface area (Å²) in [4.78, 5) is 12.1. The predicted molar refractivity (Wildman–Crippen MR) is 114 cm³/mol. The van der Waals surface area contributed by atoms with Gasteiger partial charge in [0.1, 0.15) is 11.5 Å². The SMILES string of the molecule is COc1cccc(CNC(=O)CCCN(c2ccc(OC)c(Cl)c2)S(C)(=O)=O)c1. The Morgan fingerprint density at radius 2 is 1.90 bits per heavy atom. The molecule has 0 saturated carbocycles. The standard InChI is InChI=1S/C20H25ClN2O5S/c1-27-17-7-4-6-15(12-17)14-22-20(24)8-5-11-23(29(3,25)26)16-9-10-19(28-2)18(21)13-16/h4,6-7,9-10,12-13H,5,8,11,14H2,1-3H3,(H,22,24). The smallest absolute Gasteiger partial charge is 0.232 e. The quantitative estimate of drug-likeness (QED) is 0.613. The van der Waals surface area contributed by atoms with Crippen LogP contribution in [0.2, 0.25) is 5.02 Å². The van der Waals surface area contributed by atoms with E-state index in [9.17, 15) is 13.2 Å². The van der Waals surface area contributed by atoms with Crippen LogP contribution in [0.4, 0.5) is 5.69 Å². The maximum absolute atomic E-state index is 12.2. The number of carbonyl (C=O) groups excluding carboxylic acids is 1. The van der Waals surface area contributed by atoms with Crippen LogP contribution >= 0.6 is 11.6 Å². The summed E-state index contributed by atoms with van der Waals surface area (Å²) in [7, 11) is -0.457. The Balaban J connectivity index is 1.92. The fourth-order valence-corrected chi connectivity index (χ4v) is 3.96. The number of anilines is 1. The van der Waals surface area contributed by atoms with Crippen molar-refractivity contribution in [1.29, 1.82) is 0 Å². The molecule has 29 heavy (non-hydrogen) atoms. The Bertz CT molecular complexity index is 950. The molecule has 0 radical (unpaired) electrons. The fourth-order valence-electron chi connectivity index (χ4n) is 2.75. The summed E-state index contributed by atoms with van der Waals surface area (Å²) in [6.07, 6.45) is 1.68. The number of methoxy groups -OCH3 is 2. The van der Waals surface area contributed by atoms with Gasteiger partial charge in [0.2, 0.25) is 15.9 Å². The van der Waals surface area contributed by atoms with E-state index in [2.05, 4.69) is 5.32 Å². The highest BCUT2D eigenvalue weighted by Crippen LogP contribution is 2.30. The molecule has 0 saturated heterocycles. The number of ether oxygens (including phenoxy) is 2. The van der Waals surface area contributed by atoms with E-state index in [0.717, 1.165) is 17.6 Å². The number of sulfonamides is 1. The number of hydrogen-bond acceptors (Lipinski definition) is 5. The van der Waals surface area contributed by atoms with Crippen molar-refractivity contribution in [3.8, 4) is 11.5 Å². The molecule has 0 aliphatic carbocycles. The molecule has 0 unspecified atom stereocenters. The summed E-state index contributed by atoms with van der Waals surface area (Å²) in [6, 6.07) is 12.2. The van der Waals surface area contributed by atoms with Crippen LogP contribution in [0, 0.1) is 0 Å². The molecule has 0 spiro atoms. The van der Waals surface area contributed by atoms with Crippen molar-refractivity contribution < 1.29 is 22.7 Å². The molecule has 2 aromatic rings. The third-order valence-electron chi connectivity index (χ3n) is 4.21. The van der Waals surface area contributed by atoms with Crippen LogP contribution in [0.25, 0.3) is 0 Å². The summed E-state index contributed by atoms with van der Waals surface area (Å²) in [6.45, 7) is 0.536. The van der Waals surface area contributed by atoms with Crippen molar-refractivity contribution in [2.75, 3.05) is 31.3 Å². The molecule has 158 valence electrons. The summed E-state index contributed by atoms with van der Waals surface area (Å²) >= 11 is 6.11. The van der Waals surface area contributed by atoms with Crippen molar-refractivity contribution in [2.45, 2.75) is 19.4 Å². The first kappa shape index (κ1) is 22.8. The summed E-state index contributed by atoms with van der Waals surface area (Å²) in [5, 5.41) is 3.14. The van der Waals surface area contributed by atoms with Gasteiger partial charge in [-0.25, -0.2) is 8.42 Å². The van der Waals surface area contributed by atoms with Crippen LogP contribution in [0.5, 0.6) is 11.5 Å². The van der Waals surface area contributed by atoms with Gasteiger partial charge in [-0.15, -0.1) is 0 Å². The molecule has 0 aliphatic heterocycles. The van der Waals surface area contributed by atoms with Crippen molar-refractivity contribution >= 4 is 33.2 Å². The van der Waals surface area contributed by atoms with Gasteiger partial charge in [0.15, 0.2) is 0 Å². The van der Waals surface area contributed by atoms with Crippen molar-refractivity contribution in [3.63, 3.8) is 0 Å². The van der Waals surface area contributed by atoms with Crippen LogP contribution in [0.1, 0.15) is 18.4 Å². The van der Waals surface area contributed by atoms with Crippen molar-refractivity contribution in [2.24, 2.45) is 0 Å². The molecular formula is C20H25ClN2O5S. The first-order chi connectivity index (χ1) is 13.7. The zero-order valence-electron chi connectivity index (χ0n) is 16.6. The highest BCUT2D eigenvalue weighted by molar-refractivity contribution is 7.92.